The third-order valence-corrected chi connectivity index (χ3v) is 4.99. The Bertz CT molecular complexity index is 719. The van der Waals surface area contributed by atoms with E-state index in [1.165, 1.54) is 12.8 Å². The maximum absolute atomic E-state index is 12.7. The first-order chi connectivity index (χ1) is 11.7. The molecule has 1 saturated carbocycles. The summed E-state index contributed by atoms with van der Waals surface area (Å²) in [4.78, 5) is 19.3. The third-order valence-electron chi connectivity index (χ3n) is 4.99. The first-order valence-corrected chi connectivity index (χ1v) is 8.75. The van der Waals surface area contributed by atoms with E-state index in [4.69, 9.17) is 5.73 Å². The first kappa shape index (κ1) is 15.3. The third kappa shape index (κ3) is 3.06. The summed E-state index contributed by atoms with van der Waals surface area (Å²) in [6, 6.07) is 7.58. The number of carbonyl (C=O) groups is 1. The number of nitrogens with zero attached hydrogens (tertiary/aromatic N) is 3. The van der Waals surface area contributed by atoms with Gasteiger partial charge in [-0.25, -0.2) is 4.98 Å². The van der Waals surface area contributed by atoms with Crippen LogP contribution in [0.4, 0.5) is 0 Å². The molecular formula is C18H23N5O. The van der Waals surface area contributed by atoms with Crippen LogP contribution in [-0.2, 0) is 6.54 Å². The Morgan fingerprint density at radius 3 is 2.71 bits per heavy atom. The molecule has 2 heterocycles. The van der Waals surface area contributed by atoms with Crippen LogP contribution in [0.25, 0.3) is 0 Å². The number of nitrogens with one attached hydrogen (secondary N) is 1. The topological polar surface area (TPSA) is 87.9 Å². The van der Waals surface area contributed by atoms with Crippen LogP contribution >= 0.6 is 0 Å². The summed E-state index contributed by atoms with van der Waals surface area (Å²) in [6.07, 6.45) is 4.45. The molecule has 1 aromatic carbocycles. The summed E-state index contributed by atoms with van der Waals surface area (Å²) >= 11 is 0. The van der Waals surface area contributed by atoms with Crippen molar-refractivity contribution in [2.75, 3.05) is 13.1 Å². The molecular weight excluding hydrogens is 302 g/mol. The number of carbonyl (C=O) groups excluding carboxylic acids is 1. The van der Waals surface area contributed by atoms with Gasteiger partial charge in [-0.05, 0) is 43.4 Å². The number of benzene rings is 1. The van der Waals surface area contributed by atoms with Crippen LogP contribution < -0.4 is 5.73 Å². The number of hydrogen-bond acceptors (Lipinski definition) is 4. The smallest absolute Gasteiger partial charge is 0.253 e. The fourth-order valence-electron chi connectivity index (χ4n) is 3.35. The van der Waals surface area contributed by atoms with E-state index >= 15 is 0 Å². The molecule has 126 valence electrons. The van der Waals surface area contributed by atoms with Gasteiger partial charge in [-0.2, -0.15) is 5.10 Å². The van der Waals surface area contributed by atoms with Crippen molar-refractivity contribution in [1.82, 2.24) is 20.1 Å². The van der Waals surface area contributed by atoms with E-state index in [0.717, 1.165) is 42.2 Å². The minimum absolute atomic E-state index is 0.0845. The molecule has 0 radical (unpaired) electrons. The van der Waals surface area contributed by atoms with Crippen molar-refractivity contribution in [3.8, 4) is 0 Å². The largest absolute Gasteiger partial charge is 0.338 e. The number of H-pyrrole nitrogens is 1. The molecule has 1 aliphatic heterocycles. The second-order valence-corrected chi connectivity index (χ2v) is 6.84. The van der Waals surface area contributed by atoms with Gasteiger partial charge in [0, 0.05) is 37.0 Å². The average molecular weight is 325 g/mol. The Labute approximate surface area is 141 Å². The molecule has 24 heavy (non-hydrogen) atoms. The molecule has 6 heteroatoms. The highest BCUT2D eigenvalue weighted by molar-refractivity contribution is 5.94. The summed E-state index contributed by atoms with van der Waals surface area (Å²) < 4.78 is 0. The van der Waals surface area contributed by atoms with E-state index in [9.17, 15) is 4.79 Å². The summed E-state index contributed by atoms with van der Waals surface area (Å²) in [5.41, 5.74) is 7.38. The molecule has 0 bridgehead atoms. The van der Waals surface area contributed by atoms with Crippen LogP contribution in [0.5, 0.6) is 0 Å². The summed E-state index contributed by atoms with van der Waals surface area (Å²) in [5.74, 6) is 2.78. The molecule has 6 nitrogen and oxygen atoms in total. The van der Waals surface area contributed by atoms with Crippen LogP contribution in [0.1, 0.15) is 65.1 Å². The van der Waals surface area contributed by atoms with Gasteiger partial charge in [-0.15, -0.1) is 0 Å². The second kappa shape index (κ2) is 6.36. The number of rotatable bonds is 4. The highest BCUT2D eigenvalue weighted by Gasteiger charge is 2.31. The van der Waals surface area contributed by atoms with E-state index in [1.807, 2.05) is 29.2 Å². The van der Waals surface area contributed by atoms with Crippen molar-refractivity contribution in [3.63, 3.8) is 0 Å². The molecule has 1 aromatic heterocycles. The van der Waals surface area contributed by atoms with Crippen LogP contribution in [0.2, 0.25) is 0 Å². The van der Waals surface area contributed by atoms with E-state index in [2.05, 4.69) is 15.2 Å². The maximum atomic E-state index is 12.7. The molecule has 1 saturated heterocycles. The minimum Gasteiger partial charge on any atom is -0.338 e. The van der Waals surface area contributed by atoms with Gasteiger partial charge in [0.25, 0.3) is 5.91 Å². The predicted molar refractivity (Wildman–Crippen MR) is 90.6 cm³/mol. The molecule has 4 rings (SSSR count). The van der Waals surface area contributed by atoms with Gasteiger partial charge >= 0.3 is 0 Å². The zero-order valence-electron chi connectivity index (χ0n) is 13.7. The van der Waals surface area contributed by atoms with Crippen molar-refractivity contribution in [2.45, 2.75) is 44.1 Å². The van der Waals surface area contributed by atoms with Crippen molar-refractivity contribution in [3.05, 3.63) is 47.0 Å². The molecule has 1 unspecified atom stereocenters. The zero-order valence-corrected chi connectivity index (χ0v) is 13.7. The van der Waals surface area contributed by atoms with Crippen molar-refractivity contribution in [1.29, 1.82) is 0 Å². The van der Waals surface area contributed by atoms with Gasteiger partial charge < -0.3 is 10.6 Å². The SMILES string of the molecule is NCc1ccc(C(=O)N2CCCC(c3n[nH]c(C4CC4)n3)C2)cc1. The Kier molecular flexibility index (Phi) is 4.06. The van der Waals surface area contributed by atoms with Crippen molar-refractivity contribution < 1.29 is 4.79 Å². The second-order valence-electron chi connectivity index (χ2n) is 6.84. The first-order valence-electron chi connectivity index (χ1n) is 8.75. The minimum atomic E-state index is 0.0845. The maximum Gasteiger partial charge on any atom is 0.253 e. The lowest BCUT2D eigenvalue weighted by molar-refractivity contribution is 0.0704. The Balaban J connectivity index is 1.45. The lowest BCUT2D eigenvalue weighted by Gasteiger charge is -2.31. The molecule has 1 amide bonds. The monoisotopic (exact) mass is 325 g/mol. The van der Waals surface area contributed by atoms with Gasteiger partial charge in [0.2, 0.25) is 0 Å². The normalized spacial score (nSPS) is 21.0. The standard InChI is InChI=1S/C18H23N5O/c19-10-12-3-5-14(6-4-12)18(24)23-9-1-2-15(11-23)17-20-16(21-22-17)13-7-8-13/h3-6,13,15H,1-2,7-11,19H2,(H,20,21,22). The van der Waals surface area contributed by atoms with Gasteiger partial charge in [0.15, 0.2) is 5.82 Å². The number of nitrogens with two attached hydrogens (primary N) is 1. The van der Waals surface area contributed by atoms with Gasteiger partial charge in [-0.3, -0.25) is 9.89 Å². The Morgan fingerprint density at radius 2 is 2.00 bits per heavy atom. The molecule has 1 atom stereocenters. The van der Waals surface area contributed by atoms with E-state index in [-0.39, 0.29) is 11.8 Å². The summed E-state index contributed by atoms with van der Waals surface area (Å²) in [5, 5.41) is 7.48. The zero-order chi connectivity index (χ0) is 16.5. The lowest BCUT2D eigenvalue weighted by atomic mass is 9.96. The number of likely N-dealkylation sites (tertiary alicyclic amines) is 1. The summed E-state index contributed by atoms with van der Waals surface area (Å²) in [7, 11) is 0. The molecule has 0 spiro atoms. The van der Waals surface area contributed by atoms with E-state index < -0.39 is 0 Å². The lowest BCUT2D eigenvalue weighted by Crippen LogP contribution is -2.39. The number of aromatic nitrogens is 3. The van der Waals surface area contributed by atoms with Gasteiger partial charge in [0.05, 0.1) is 0 Å². The van der Waals surface area contributed by atoms with Crippen LogP contribution in [0, 0.1) is 0 Å². The molecule has 3 N–H and O–H groups in total. The highest BCUT2D eigenvalue weighted by atomic mass is 16.2. The van der Waals surface area contributed by atoms with E-state index in [1.54, 1.807) is 0 Å². The van der Waals surface area contributed by atoms with Crippen molar-refractivity contribution in [2.24, 2.45) is 5.73 Å². The fraction of sp³-hybridized carbons (Fsp3) is 0.500. The van der Waals surface area contributed by atoms with Crippen LogP contribution in [0.3, 0.4) is 0 Å². The average Bonchev–Trinajstić information content (AvgIpc) is 3.38. The molecule has 1 aliphatic carbocycles. The summed E-state index contributed by atoms with van der Waals surface area (Å²) in [6.45, 7) is 1.99. The Morgan fingerprint density at radius 1 is 1.21 bits per heavy atom. The number of aromatic amines is 1. The van der Waals surface area contributed by atoms with Crippen LogP contribution in [-0.4, -0.2) is 39.1 Å². The van der Waals surface area contributed by atoms with Crippen LogP contribution in [0.15, 0.2) is 24.3 Å². The molecule has 2 fully saturated rings. The van der Waals surface area contributed by atoms with Gasteiger partial charge in [-0.1, -0.05) is 12.1 Å². The van der Waals surface area contributed by atoms with Crippen molar-refractivity contribution >= 4 is 5.91 Å². The Hall–Kier alpha value is -2.21. The molecule has 2 aliphatic rings. The number of hydrogen-bond donors (Lipinski definition) is 2. The van der Waals surface area contributed by atoms with E-state index in [0.29, 0.717) is 19.0 Å². The highest BCUT2D eigenvalue weighted by Crippen LogP contribution is 2.38. The molecule has 2 aromatic rings. The number of piperidine rings is 1. The quantitative estimate of drug-likeness (QED) is 0.901. The predicted octanol–water partition coefficient (Wildman–Crippen LogP) is 2.16. The van der Waals surface area contributed by atoms with Gasteiger partial charge in [0.1, 0.15) is 5.82 Å². The fourth-order valence-corrected chi connectivity index (χ4v) is 3.35. The number of amides is 1.